The summed E-state index contributed by atoms with van der Waals surface area (Å²) in [4.78, 5) is 22.9. The van der Waals surface area contributed by atoms with Gasteiger partial charge in [-0.1, -0.05) is 0 Å². The van der Waals surface area contributed by atoms with Gasteiger partial charge in [0.15, 0.2) is 0 Å². The van der Waals surface area contributed by atoms with Gasteiger partial charge in [0.25, 0.3) is 11.4 Å². The summed E-state index contributed by atoms with van der Waals surface area (Å²) in [5.74, 6) is -2.36. The topological polar surface area (TPSA) is 88.7 Å². The molecule has 0 atom stereocenters. The Labute approximate surface area is 67.3 Å². The summed E-state index contributed by atoms with van der Waals surface area (Å²) in [5, 5.41) is 16.9. The molecule has 0 saturated carbocycles. The predicted octanol–water partition coefficient (Wildman–Crippen LogP) is -0.103. The second-order valence-corrected chi connectivity index (χ2v) is 2.09. The third-order valence-corrected chi connectivity index (χ3v) is 1.26. The van der Waals surface area contributed by atoms with E-state index < -0.39 is 11.9 Å². The standard InChI is InChI=1S/C7H5NO4/c9-6(10)4-2-1-3-5(8-4)7(11)12/h1-3H,(H,9,10)(H,11,12)/p+1. The molecule has 5 heteroatoms. The number of carboxylic acid groups (broad SMARTS) is 2. The highest BCUT2D eigenvalue weighted by Gasteiger charge is 2.16. The molecule has 0 radical (unpaired) electrons. The van der Waals surface area contributed by atoms with E-state index in [1.54, 1.807) is 0 Å². The molecule has 0 aromatic carbocycles. The number of aromatic amines is 1. The van der Waals surface area contributed by atoms with Crippen molar-refractivity contribution in [1.82, 2.24) is 0 Å². The average molecular weight is 168 g/mol. The first-order chi connectivity index (χ1) is 5.61. The van der Waals surface area contributed by atoms with Gasteiger partial charge in [-0.2, -0.15) is 4.98 Å². The first-order valence-electron chi connectivity index (χ1n) is 3.10. The van der Waals surface area contributed by atoms with Crippen molar-refractivity contribution < 1.29 is 24.8 Å². The molecule has 0 aliphatic rings. The van der Waals surface area contributed by atoms with Gasteiger partial charge in [0.2, 0.25) is 0 Å². The van der Waals surface area contributed by atoms with E-state index in [9.17, 15) is 9.59 Å². The molecule has 0 aliphatic carbocycles. The summed E-state index contributed by atoms with van der Waals surface area (Å²) < 4.78 is 0. The van der Waals surface area contributed by atoms with Crippen molar-refractivity contribution in [3.05, 3.63) is 29.6 Å². The van der Waals surface area contributed by atoms with E-state index >= 15 is 0 Å². The Morgan fingerprint density at radius 1 is 1.08 bits per heavy atom. The van der Waals surface area contributed by atoms with Gasteiger partial charge in [0.05, 0.1) is 0 Å². The molecule has 1 rings (SSSR count). The van der Waals surface area contributed by atoms with Crippen LogP contribution < -0.4 is 4.98 Å². The number of carboxylic acids is 2. The first kappa shape index (κ1) is 8.19. The number of rotatable bonds is 2. The molecule has 0 fully saturated rings. The summed E-state index contributed by atoms with van der Waals surface area (Å²) in [7, 11) is 0. The highest BCUT2D eigenvalue weighted by atomic mass is 16.4. The van der Waals surface area contributed by atoms with Gasteiger partial charge in [-0.05, 0) is 6.07 Å². The van der Waals surface area contributed by atoms with E-state index in [2.05, 4.69) is 4.98 Å². The van der Waals surface area contributed by atoms with Gasteiger partial charge in [-0.25, -0.2) is 9.59 Å². The molecule has 0 unspecified atom stereocenters. The second kappa shape index (κ2) is 3.00. The molecule has 62 valence electrons. The maximum absolute atomic E-state index is 10.4. The number of carbonyl (C=O) groups is 2. The summed E-state index contributed by atoms with van der Waals surface area (Å²) >= 11 is 0. The molecule has 12 heavy (non-hydrogen) atoms. The van der Waals surface area contributed by atoms with Crippen molar-refractivity contribution in [2.45, 2.75) is 0 Å². The number of pyridine rings is 1. The smallest absolute Gasteiger partial charge is 0.401 e. The van der Waals surface area contributed by atoms with Gasteiger partial charge in [0, 0.05) is 12.1 Å². The SMILES string of the molecule is O=C(O)c1cccc(C(=O)O)[nH+]1. The number of aromatic nitrogens is 1. The fraction of sp³-hybridized carbons (Fsp3) is 0. The molecule has 5 nitrogen and oxygen atoms in total. The van der Waals surface area contributed by atoms with E-state index in [0.717, 1.165) is 0 Å². The van der Waals surface area contributed by atoms with E-state index in [1.165, 1.54) is 18.2 Å². The van der Waals surface area contributed by atoms with E-state index in [4.69, 9.17) is 10.2 Å². The van der Waals surface area contributed by atoms with Gasteiger partial charge in [0.1, 0.15) is 0 Å². The van der Waals surface area contributed by atoms with Crippen LogP contribution in [0.4, 0.5) is 0 Å². The number of H-pyrrole nitrogens is 1. The molecule has 3 N–H and O–H groups in total. The van der Waals surface area contributed by atoms with Crippen LogP contribution in [0.1, 0.15) is 21.0 Å². The number of hydrogen-bond acceptors (Lipinski definition) is 2. The van der Waals surface area contributed by atoms with Crippen molar-refractivity contribution in [1.29, 1.82) is 0 Å². The molecule has 1 aromatic heterocycles. The minimum Gasteiger partial charge on any atom is -0.473 e. The largest absolute Gasteiger partial charge is 0.473 e. The van der Waals surface area contributed by atoms with Gasteiger partial charge >= 0.3 is 11.9 Å². The summed E-state index contributed by atoms with van der Waals surface area (Å²) in [6.45, 7) is 0. The number of nitrogens with one attached hydrogen (secondary N) is 1. The Kier molecular flexibility index (Phi) is 2.05. The minimum absolute atomic E-state index is 0.144. The predicted molar refractivity (Wildman–Crippen MR) is 36.9 cm³/mol. The molecule has 0 bridgehead atoms. The monoisotopic (exact) mass is 168 g/mol. The summed E-state index contributed by atoms with van der Waals surface area (Å²) in [6.07, 6.45) is 0. The highest BCUT2D eigenvalue weighted by molar-refractivity contribution is 5.86. The van der Waals surface area contributed by atoms with Crippen LogP contribution in [0.5, 0.6) is 0 Å². The lowest BCUT2D eigenvalue weighted by Crippen LogP contribution is -2.23. The van der Waals surface area contributed by atoms with Gasteiger partial charge in [-0.15, -0.1) is 0 Å². The fourth-order valence-electron chi connectivity index (χ4n) is 0.718. The number of hydrogen-bond donors (Lipinski definition) is 2. The molecule has 1 aromatic rings. The fourth-order valence-corrected chi connectivity index (χ4v) is 0.718. The van der Waals surface area contributed by atoms with Crippen LogP contribution in [0.3, 0.4) is 0 Å². The van der Waals surface area contributed by atoms with Gasteiger partial charge in [-0.3, -0.25) is 0 Å². The molecule has 0 amide bonds. The van der Waals surface area contributed by atoms with E-state index in [-0.39, 0.29) is 11.4 Å². The maximum Gasteiger partial charge on any atom is 0.401 e. The molecular formula is C7H6NO4+. The molecule has 0 aliphatic heterocycles. The van der Waals surface area contributed by atoms with Crippen LogP contribution in [-0.4, -0.2) is 22.2 Å². The zero-order valence-electron chi connectivity index (χ0n) is 5.94. The van der Waals surface area contributed by atoms with Crippen molar-refractivity contribution in [3.63, 3.8) is 0 Å². The average Bonchev–Trinajstić information content (AvgIpc) is 2.04. The Morgan fingerprint density at radius 3 is 1.83 bits per heavy atom. The maximum atomic E-state index is 10.4. The Balaban J connectivity index is 3.12. The van der Waals surface area contributed by atoms with E-state index in [1.807, 2.05) is 0 Å². The Morgan fingerprint density at radius 2 is 1.50 bits per heavy atom. The zero-order valence-corrected chi connectivity index (χ0v) is 5.94. The summed E-state index contributed by atoms with van der Waals surface area (Å²) in [6, 6.07) is 3.94. The lowest BCUT2D eigenvalue weighted by Gasteiger charge is -1.87. The zero-order chi connectivity index (χ0) is 9.14. The van der Waals surface area contributed by atoms with Crippen molar-refractivity contribution in [3.8, 4) is 0 Å². The number of aromatic carboxylic acids is 2. The van der Waals surface area contributed by atoms with Crippen LogP contribution in [0.15, 0.2) is 18.2 Å². The summed E-state index contributed by atoms with van der Waals surface area (Å²) in [5.41, 5.74) is -0.287. The Hall–Kier alpha value is -1.91. The van der Waals surface area contributed by atoms with Crippen molar-refractivity contribution in [2.24, 2.45) is 0 Å². The third-order valence-electron chi connectivity index (χ3n) is 1.26. The Bertz CT molecular complexity index is 305. The highest BCUT2D eigenvalue weighted by Crippen LogP contribution is 1.93. The molecule has 0 saturated heterocycles. The van der Waals surface area contributed by atoms with Crippen LogP contribution in [0.2, 0.25) is 0 Å². The third kappa shape index (κ3) is 1.57. The normalized spacial score (nSPS) is 9.33. The quantitative estimate of drug-likeness (QED) is 0.645. The first-order valence-corrected chi connectivity index (χ1v) is 3.10. The van der Waals surface area contributed by atoms with Crippen molar-refractivity contribution >= 4 is 11.9 Å². The second-order valence-electron chi connectivity index (χ2n) is 2.09. The van der Waals surface area contributed by atoms with Crippen LogP contribution in [-0.2, 0) is 0 Å². The van der Waals surface area contributed by atoms with Gasteiger partial charge < -0.3 is 10.2 Å². The molecule has 1 heterocycles. The van der Waals surface area contributed by atoms with Crippen molar-refractivity contribution in [2.75, 3.05) is 0 Å². The molecule has 0 spiro atoms. The van der Waals surface area contributed by atoms with Crippen LogP contribution in [0.25, 0.3) is 0 Å². The van der Waals surface area contributed by atoms with Crippen LogP contribution >= 0.6 is 0 Å². The minimum atomic E-state index is -1.18. The lowest BCUT2D eigenvalue weighted by atomic mass is 10.3. The van der Waals surface area contributed by atoms with E-state index in [0.29, 0.717) is 0 Å². The lowest BCUT2D eigenvalue weighted by molar-refractivity contribution is -0.388. The van der Waals surface area contributed by atoms with Crippen LogP contribution in [0, 0.1) is 0 Å². The molecular weight excluding hydrogens is 162 g/mol.